The third-order valence-electron chi connectivity index (χ3n) is 5.67. The van der Waals surface area contributed by atoms with Crippen molar-refractivity contribution in [1.82, 2.24) is 25.7 Å². The van der Waals surface area contributed by atoms with Crippen LogP contribution in [0, 0.1) is 6.92 Å². The Balaban J connectivity index is 1.27. The van der Waals surface area contributed by atoms with Crippen LogP contribution in [-0.4, -0.2) is 58.8 Å². The minimum absolute atomic E-state index is 0.106. The van der Waals surface area contributed by atoms with Gasteiger partial charge in [-0.3, -0.25) is 4.79 Å². The van der Waals surface area contributed by atoms with Crippen LogP contribution in [0.5, 0.6) is 0 Å². The van der Waals surface area contributed by atoms with Crippen LogP contribution in [-0.2, 0) is 4.79 Å². The molecule has 1 aromatic heterocycles. The summed E-state index contributed by atoms with van der Waals surface area (Å²) < 4.78 is 0. The SMILES string of the molecule is Cc1ccc(N2CCN(N3CC(=O)C(=Cc4cccc5ccccc45)N3)CC2)nn1. The number of piperazine rings is 1. The molecule has 0 saturated carbocycles. The Morgan fingerprint density at radius 1 is 0.933 bits per heavy atom. The molecule has 7 heteroatoms. The Labute approximate surface area is 175 Å². The highest BCUT2D eigenvalue weighted by Crippen LogP contribution is 2.22. The number of carbonyl (C=O) groups excluding carboxylic acids is 1. The number of rotatable bonds is 3. The zero-order valence-corrected chi connectivity index (χ0v) is 17.0. The van der Waals surface area contributed by atoms with Crippen LogP contribution >= 0.6 is 0 Å². The lowest BCUT2D eigenvalue weighted by Gasteiger charge is -2.39. The lowest BCUT2D eigenvalue weighted by Crippen LogP contribution is -2.56. The molecule has 2 fully saturated rings. The van der Waals surface area contributed by atoms with E-state index in [0.29, 0.717) is 12.2 Å². The Kier molecular flexibility index (Phi) is 4.90. The molecule has 3 aromatic rings. The fourth-order valence-electron chi connectivity index (χ4n) is 4.00. The van der Waals surface area contributed by atoms with Crippen molar-refractivity contribution in [2.75, 3.05) is 37.6 Å². The minimum Gasteiger partial charge on any atom is -0.352 e. The number of aryl methyl sites for hydroxylation is 1. The van der Waals surface area contributed by atoms with Crippen LogP contribution in [0.1, 0.15) is 11.3 Å². The molecule has 0 atom stereocenters. The van der Waals surface area contributed by atoms with Gasteiger partial charge in [0.25, 0.3) is 0 Å². The molecule has 0 amide bonds. The molecular weight excluding hydrogens is 376 g/mol. The second-order valence-electron chi connectivity index (χ2n) is 7.69. The average Bonchev–Trinajstić information content (AvgIpc) is 3.15. The lowest BCUT2D eigenvalue weighted by molar-refractivity contribution is -0.117. The third kappa shape index (κ3) is 3.65. The molecule has 2 aliphatic rings. The molecule has 0 bridgehead atoms. The highest BCUT2D eigenvalue weighted by molar-refractivity contribution is 6.04. The lowest BCUT2D eigenvalue weighted by atomic mass is 10.0. The minimum atomic E-state index is 0.106. The third-order valence-corrected chi connectivity index (χ3v) is 5.67. The van der Waals surface area contributed by atoms with Gasteiger partial charge in [-0.2, -0.15) is 5.10 Å². The topological polar surface area (TPSA) is 64.6 Å². The zero-order chi connectivity index (χ0) is 20.5. The summed E-state index contributed by atoms with van der Waals surface area (Å²) in [6, 6.07) is 18.4. The van der Waals surface area contributed by atoms with E-state index in [0.717, 1.165) is 48.6 Å². The monoisotopic (exact) mass is 400 g/mol. The molecule has 30 heavy (non-hydrogen) atoms. The van der Waals surface area contributed by atoms with Crippen LogP contribution < -0.4 is 10.3 Å². The van der Waals surface area contributed by atoms with Gasteiger partial charge in [0, 0.05) is 26.2 Å². The number of fused-ring (bicyclic) bond motifs is 1. The van der Waals surface area contributed by atoms with Gasteiger partial charge in [0.1, 0.15) is 0 Å². The molecule has 0 spiro atoms. The quantitative estimate of drug-likeness (QED) is 0.678. The van der Waals surface area contributed by atoms with E-state index in [1.807, 2.05) is 54.5 Å². The predicted molar refractivity (Wildman–Crippen MR) is 117 cm³/mol. The maximum absolute atomic E-state index is 12.7. The molecular formula is C23H24N6O. The number of hydrogen-bond donors (Lipinski definition) is 1. The predicted octanol–water partition coefficient (Wildman–Crippen LogP) is 2.41. The van der Waals surface area contributed by atoms with E-state index in [9.17, 15) is 4.79 Å². The fraction of sp³-hybridized carbons (Fsp3) is 0.261. The van der Waals surface area contributed by atoms with E-state index < -0.39 is 0 Å². The van der Waals surface area contributed by atoms with Crippen molar-refractivity contribution < 1.29 is 4.79 Å². The largest absolute Gasteiger partial charge is 0.352 e. The van der Waals surface area contributed by atoms with E-state index in [1.54, 1.807) is 0 Å². The average molecular weight is 400 g/mol. The first-order valence-electron chi connectivity index (χ1n) is 10.2. The summed E-state index contributed by atoms with van der Waals surface area (Å²) in [5, 5.41) is 14.9. The maximum atomic E-state index is 12.7. The number of benzene rings is 2. The Hall–Kier alpha value is -3.29. The molecule has 7 nitrogen and oxygen atoms in total. The highest BCUT2D eigenvalue weighted by atomic mass is 16.1. The van der Waals surface area contributed by atoms with Gasteiger partial charge in [-0.25, -0.2) is 5.01 Å². The molecule has 0 aliphatic carbocycles. The van der Waals surface area contributed by atoms with Gasteiger partial charge >= 0.3 is 0 Å². The van der Waals surface area contributed by atoms with Crippen LogP contribution in [0.15, 0.2) is 60.3 Å². The summed E-state index contributed by atoms with van der Waals surface area (Å²) in [7, 11) is 0. The number of nitrogens with one attached hydrogen (secondary N) is 1. The number of hydrazine groups is 2. The molecule has 3 heterocycles. The first-order valence-corrected chi connectivity index (χ1v) is 10.2. The van der Waals surface area contributed by atoms with Gasteiger partial charge in [-0.1, -0.05) is 42.5 Å². The van der Waals surface area contributed by atoms with Crippen molar-refractivity contribution in [1.29, 1.82) is 0 Å². The van der Waals surface area contributed by atoms with E-state index in [2.05, 4.69) is 43.7 Å². The molecule has 1 N–H and O–H groups in total. The number of hydrogen-bond acceptors (Lipinski definition) is 7. The number of carbonyl (C=O) groups is 1. The Morgan fingerprint density at radius 2 is 1.73 bits per heavy atom. The number of ketones is 1. The van der Waals surface area contributed by atoms with E-state index in [4.69, 9.17) is 0 Å². The molecule has 2 aromatic carbocycles. The number of aromatic nitrogens is 2. The van der Waals surface area contributed by atoms with Gasteiger partial charge in [-0.05, 0) is 41.5 Å². The van der Waals surface area contributed by atoms with Crippen molar-refractivity contribution in [2.45, 2.75) is 6.92 Å². The Bertz CT molecular complexity index is 1100. The van der Waals surface area contributed by atoms with Crippen molar-refractivity contribution in [3.8, 4) is 0 Å². The van der Waals surface area contributed by atoms with Gasteiger partial charge in [0.15, 0.2) is 11.6 Å². The fourth-order valence-corrected chi connectivity index (χ4v) is 4.00. The first-order chi connectivity index (χ1) is 14.7. The van der Waals surface area contributed by atoms with Crippen LogP contribution in [0.3, 0.4) is 0 Å². The van der Waals surface area contributed by atoms with E-state index in [-0.39, 0.29) is 5.78 Å². The second kappa shape index (κ2) is 7.85. The highest BCUT2D eigenvalue weighted by Gasteiger charge is 2.31. The smallest absolute Gasteiger partial charge is 0.197 e. The molecule has 0 unspecified atom stereocenters. The number of nitrogens with zero attached hydrogens (tertiary/aromatic N) is 5. The van der Waals surface area contributed by atoms with Gasteiger partial charge in [0.05, 0.1) is 17.9 Å². The number of anilines is 1. The van der Waals surface area contributed by atoms with Crippen molar-refractivity contribution >= 4 is 28.4 Å². The Morgan fingerprint density at radius 3 is 2.53 bits per heavy atom. The second-order valence-corrected chi connectivity index (χ2v) is 7.69. The normalized spacial score (nSPS) is 19.6. The molecule has 5 rings (SSSR count). The molecule has 152 valence electrons. The summed E-state index contributed by atoms with van der Waals surface area (Å²) in [6.07, 6.45) is 1.96. The van der Waals surface area contributed by atoms with E-state index >= 15 is 0 Å². The van der Waals surface area contributed by atoms with Gasteiger partial charge in [0.2, 0.25) is 0 Å². The van der Waals surface area contributed by atoms with Crippen molar-refractivity contribution in [2.24, 2.45) is 0 Å². The first kappa shape index (κ1) is 18.7. The summed E-state index contributed by atoms with van der Waals surface area (Å²) >= 11 is 0. The number of Topliss-reactive ketones (excluding diaryl/α,β-unsaturated/α-hetero) is 1. The maximum Gasteiger partial charge on any atom is 0.197 e. The summed E-state index contributed by atoms with van der Waals surface area (Å²) in [5.41, 5.74) is 5.92. The van der Waals surface area contributed by atoms with E-state index in [1.165, 1.54) is 5.39 Å². The van der Waals surface area contributed by atoms with Gasteiger partial charge in [-0.15, -0.1) is 10.2 Å². The van der Waals surface area contributed by atoms with Crippen LogP contribution in [0.4, 0.5) is 5.82 Å². The van der Waals surface area contributed by atoms with Gasteiger partial charge < -0.3 is 10.3 Å². The summed E-state index contributed by atoms with van der Waals surface area (Å²) in [6.45, 7) is 5.60. The zero-order valence-electron chi connectivity index (χ0n) is 17.0. The molecule has 2 saturated heterocycles. The van der Waals surface area contributed by atoms with Crippen molar-refractivity contribution in [3.63, 3.8) is 0 Å². The van der Waals surface area contributed by atoms with Crippen LogP contribution in [0.2, 0.25) is 0 Å². The standard InChI is InChI=1S/C23H24N6O/c1-17-9-10-23(25-24-17)27-11-13-28(14-12-27)29-16-22(30)21(26-29)15-19-7-4-6-18-5-2-3-8-20(18)19/h2-10,15,26H,11-14,16H2,1H3. The molecule has 0 radical (unpaired) electrons. The summed E-state index contributed by atoms with van der Waals surface area (Å²) in [5.74, 6) is 1.01. The van der Waals surface area contributed by atoms with Crippen molar-refractivity contribution in [3.05, 3.63) is 71.6 Å². The van der Waals surface area contributed by atoms with Crippen LogP contribution in [0.25, 0.3) is 16.8 Å². The summed E-state index contributed by atoms with van der Waals surface area (Å²) in [4.78, 5) is 14.9. The molecule has 2 aliphatic heterocycles.